The molecule has 0 saturated heterocycles. The highest BCUT2D eigenvalue weighted by Crippen LogP contribution is 2.37. The van der Waals surface area contributed by atoms with Crippen LogP contribution in [0.3, 0.4) is 0 Å². The Kier molecular flexibility index (Phi) is 4.54. The van der Waals surface area contributed by atoms with Gasteiger partial charge >= 0.3 is 0 Å². The monoisotopic (exact) mass is 401 g/mol. The Hall–Kier alpha value is -2.94. The summed E-state index contributed by atoms with van der Waals surface area (Å²) in [6.45, 7) is 0.628. The zero-order valence-corrected chi connectivity index (χ0v) is 15.8. The van der Waals surface area contributed by atoms with Crippen LogP contribution in [0.1, 0.15) is 24.8 Å². The topological polar surface area (TPSA) is 110 Å². The van der Waals surface area contributed by atoms with E-state index < -0.39 is 14.9 Å². The molecule has 2 aliphatic rings. The van der Waals surface area contributed by atoms with Crippen LogP contribution in [0, 0.1) is 16.0 Å². The van der Waals surface area contributed by atoms with Crippen molar-refractivity contribution in [2.75, 3.05) is 16.2 Å². The SMILES string of the molecule is O=C(C1CC1)N1CCCc2ccc(NS(=O)(=O)c3cccc([N+](=O)[O-])c3)cc21. The maximum absolute atomic E-state index is 12.7. The number of aryl methyl sites for hydroxylation is 1. The Labute approximate surface area is 162 Å². The molecule has 0 aromatic heterocycles. The number of sulfonamides is 1. The first-order valence-corrected chi connectivity index (χ1v) is 10.5. The Morgan fingerprint density at radius 3 is 2.68 bits per heavy atom. The smallest absolute Gasteiger partial charge is 0.270 e. The summed E-state index contributed by atoms with van der Waals surface area (Å²) in [6, 6.07) is 10.0. The summed E-state index contributed by atoms with van der Waals surface area (Å²) in [5, 5.41) is 10.9. The molecule has 1 aliphatic carbocycles. The molecule has 2 aromatic carbocycles. The number of nitro groups is 1. The van der Waals surface area contributed by atoms with Gasteiger partial charge in [-0.1, -0.05) is 12.1 Å². The van der Waals surface area contributed by atoms with Gasteiger partial charge in [-0.2, -0.15) is 0 Å². The molecular weight excluding hydrogens is 382 g/mol. The Morgan fingerprint density at radius 2 is 1.96 bits per heavy atom. The van der Waals surface area contributed by atoms with Crippen LogP contribution in [0.2, 0.25) is 0 Å². The number of hydrogen-bond donors (Lipinski definition) is 1. The fourth-order valence-corrected chi connectivity index (χ4v) is 4.48. The van der Waals surface area contributed by atoms with Gasteiger partial charge in [0.15, 0.2) is 0 Å². The van der Waals surface area contributed by atoms with E-state index >= 15 is 0 Å². The van der Waals surface area contributed by atoms with Crippen LogP contribution in [0.4, 0.5) is 17.1 Å². The van der Waals surface area contributed by atoms with Crippen molar-refractivity contribution in [2.24, 2.45) is 5.92 Å². The third kappa shape index (κ3) is 3.57. The average molecular weight is 401 g/mol. The van der Waals surface area contributed by atoms with Gasteiger partial charge in [0.1, 0.15) is 0 Å². The largest absolute Gasteiger partial charge is 0.312 e. The van der Waals surface area contributed by atoms with Crippen LogP contribution in [-0.4, -0.2) is 25.8 Å². The Morgan fingerprint density at radius 1 is 1.18 bits per heavy atom. The van der Waals surface area contributed by atoms with Gasteiger partial charge in [-0.05, 0) is 49.4 Å². The van der Waals surface area contributed by atoms with E-state index in [1.165, 1.54) is 18.2 Å². The minimum Gasteiger partial charge on any atom is -0.312 e. The molecule has 1 N–H and O–H groups in total. The molecule has 8 nitrogen and oxygen atoms in total. The van der Waals surface area contributed by atoms with E-state index in [0.29, 0.717) is 12.2 Å². The minimum atomic E-state index is -4.00. The van der Waals surface area contributed by atoms with Crippen LogP contribution in [0.15, 0.2) is 47.4 Å². The van der Waals surface area contributed by atoms with Gasteiger partial charge in [-0.3, -0.25) is 19.6 Å². The number of hydrogen-bond acceptors (Lipinski definition) is 5. The first-order valence-electron chi connectivity index (χ1n) is 9.07. The normalized spacial score (nSPS) is 16.4. The maximum atomic E-state index is 12.7. The molecule has 0 radical (unpaired) electrons. The highest BCUT2D eigenvalue weighted by molar-refractivity contribution is 7.92. The number of amides is 1. The van der Waals surface area contributed by atoms with Gasteiger partial charge < -0.3 is 4.90 Å². The highest BCUT2D eigenvalue weighted by Gasteiger charge is 2.35. The highest BCUT2D eigenvalue weighted by atomic mass is 32.2. The standard InChI is InChI=1S/C19H19N3O5S/c23-19(14-6-7-14)21-10-2-3-13-8-9-15(11-18(13)21)20-28(26,27)17-5-1-4-16(12-17)22(24)25/h1,4-5,8-9,11-12,14,20H,2-3,6-7,10H2. The summed E-state index contributed by atoms with van der Waals surface area (Å²) in [7, 11) is -4.00. The van der Waals surface area contributed by atoms with Crippen LogP contribution in [0.25, 0.3) is 0 Å². The van der Waals surface area contributed by atoms with Gasteiger partial charge in [0.2, 0.25) is 5.91 Å². The molecule has 0 atom stereocenters. The molecule has 1 amide bonds. The number of non-ortho nitro benzene ring substituents is 1. The number of carbonyl (C=O) groups excluding carboxylic acids is 1. The molecule has 1 aliphatic heterocycles. The molecule has 1 heterocycles. The maximum Gasteiger partial charge on any atom is 0.270 e. The lowest BCUT2D eigenvalue weighted by molar-refractivity contribution is -0.385. The molecule has 0 bridgehead atoms. The van der Waals surface area contributed by atoms with E-state index in [-0.39, 0.29) is 22.4 Å². The first kappa shape index (κ1) is 18.4. The van der Waals surface area contributed by atoms with Gasteiger partial charge in [-0.15, -0.1) is 0 Å². The van der Waals surface area contributed by atoms with Crippen molar-refractivity contribution in [2.45, 2.75) is 30.6 Å². The van der Waals surface area contributed by atoms with E-state index in [0.717, 1.165) is 43.0 Å². The fourth-order valence-electron chi connectivity index (χ4n) is 3.40. The van der Waals surface area contributed by atoms with E-state index in [9.17, 15) is 23.3 Å². The second-order valence-corrected chi connectivity index (χ2v) is 8.75. The molecular formula is C19H19N3O5S. The van der Waals surface area contributed by atoms with Crippen LogP contribution >= 0.6 is 0 Å². The quantitative estimate of drug-likeness (QED) is 0.612. The van der Waals surface area contributed by atoms with Gasteiger partial charge in [-0.25, -0.2) is 8.42 Å². The van der Waals surface area contributed by atoms with Crippen molar-refractivity contribution in [3.05, 3.63) is 58.1 Å². The summed E-state index contributed by atoms with van der Waals surface area (Å²) < 4.78 is 27.8. The summed E-state index contributed by atoms with van der Waals surface area (Å²) in [5.41, 5.74) is 1.77. The number of rotatable bonds is 5. The number of fused-ring (bicyclic) bond motifs is 1. The molecule has 0 unspecified atom stereocenters. The fraction of sp³-hybridized carbons (Fsp3) is 0.316. The van der Waals surface area contributed by atoms with Crippen molar-refractivity contribution in [1.82, 2.24) is 0 Å². The van der Waals surface area contributed by atoms with Crippen LogP contribution in [-0.2, 0) is 21.2 Å². The third-order valence-corrected chi connectivity index (χ3v) is 6.37. The molecule has 1 fully saturated rings. The molecule has 9 heteroatoms. The van der Waals surface area contributed by atoms with Gasteiger partial charge in [0, 0.05) is 30.3 Å². The van der Waals surface area contributed by atoms with Gasteiger partial charge in [0.05, 0.1) is 15.5 Å². The van der Waals surface area contributed by atoms with E-state index in [1.54, 1.807) is 17.0 Å². The van der Waals surface area contributed by atoms with Gasteiger partial charge in [0.25, 0.3) is 15.7 Å². The Balaban J connectivity index is 1.63. The van der Waals surface area contributed by atoms with Crippen LogP contribution in [0.5, 0.6) is 0 Å². The van der Waals surface area contributed by atoms with E-state index in [1.807, 2.05) is 6.07 Å². The number of nitrogens with one attached hydrogen (secondary N) is 1. The van der Waals surface area contributed by atoms with Crippen molar-refractivity contribution in [1.29, 1.82) is 0 Å². The number of nitro benzene ring substituents is 1. The summed E-state index contributed by atoms with van der Waals surface area (Å²) in [6.07, 6.45) is 3.53. The van der Waals surface area contributed by atoms with Crippen LogP contribution < -0.4 is 9.62 Å². The van der Waals surface area contributed by atoms with Crippen molar-refractivity contribution in [3.63, 3.8) is 0 Å². The number of anilines is 2. The Bertz CT molecular complexity index is 1060. The molecule has 0 spiro atoms. The molecule has 146 valence electrons. The van der Waals surface area contributed by atoms with Crippen molar-refractivity contribution in [3.8, 4) is 0 Å². The lowest BCUT2D eigenvalue weighted by Gasteiger charge is -2.30. The molecule has 1 saturated carbocycles. The number of benzene rings is 2. The zero-order chi connectivity index (χ0) is 19.9. The number of carbonyl (C=O) groups is 1. The number of nitrogens with zero attached hydrogens (tertiary/aromatic N) is 2. The zero-order valence-electron chi connectivity index (χ0n) is 15.0. The summed E-state index contributed by atoms with van der Waals surface area (Å²) in [4.78, 5) is 24.4. The average Bonchev–Trinajstić information content (AvgIpc) is 3.52. The molecule has 2 aromatic rings. The lowest BCUT2D eigenvalue weighted by atomic mass is 10.0. The summed E-state index contributed by atoms with van der Waals surface area (Å²) in [5.74, 6) is 0.177. The lowest BCUT2D eigenvalue weighted by Crippen LogP contribution is -2.36. The summed E-state index contributed by atoms with van der Waals surface area (Å²) >= 11 is 0. The van der Waals surface area contributed by atoms with Crippen molar-refractivity contribution >= 4 is 33.0 Å². The third-order valence-electron chi connectivity index (χ3n) is 4.99. The molecule has 28 heavy (non-hydrogen) atoms. The second-order valence-electron chi connectivity index (χ2n) is 7.07. The van der Waals surface area contributed by atoms with E-state index in [4.69, 9.17) is 0 Å². The predicted octanol–water partition coefficient (Wildman–Crippen LogP) is 3.08. The van der Waals surface area contributed by atoms with E-state index in [2.05, 4.69) is 4.72 Å². The first-order chi connectivity index (χ1) is 13.3. The molecule has 4 rings (SSSR count). The van der Waals surface area contributed by atoms with Crippen molar-refractivity contribution < 1.29 is 18.1 Å². The predicted molar refractivity (Wildman–Crippen MR) is 104 cm³/mol. The minimum absolute atomic E-state index is 0.0798. The second kappa shape index (κ2) is 6.90.